The highest BCUT2D eigenvalue weighted by Gasteiger charge is 2.48. The molecule has 2 aliphatic rings. The Hall–Kier alpha value is -4.52. The van der Waals surface area contributed by atoms with E-state index in [0.717, 1.165) is 5.56 Å². The van der Waals surface area contributed by atoms with E-state index in [1.54, 1.807) is 30.3 Å². The normalized spacial score (nSPS) is 19.4. The lowest BCUT2D eigenvalue weighted by Gasteiger charge is -2.26. The Kier molecular flexibility index (Phi) is 4.27. The number of ether oxygens (including phenoxy) is 1. The molecule has 5 rings (SSSR count). The van der Waals surface area contributed by atoms with Gasteiger partial charge in [0.15, 0.2) is 5.95 Å². The third kappa shape index (κ3) is 3.16. The largest absolute Gasteiger partial charge is 0.497 e. The molecule has 10 heteroatoms. The lowest BCUT2D eigenvalue weighted by Crippen LogP contribution is -2.54. The zero-order valence-corrected chi connectivity index (χ0v) is 17.0. The first-order valence-corrected chi connectivity index (χ1v) is 9.75. The number of fused-ring (bicyclic) bond motifs is 2. The van der Waals surface area contributed by atoms with Crippen LogP contribution in [0.25, 0.3) is 11.0 Å². The number of urea groups is 1. The molecule has 10 nitrogen and oxygen atoms in total. The van der Waals surface area contributed by atoms with Crippen molar-refractivity contribution < 1.29 is 19.1 Å². The number of nitrogen functional groups attached to an aromatic ring is 1. The van der Waals surface area contributed by atoms with Crippen LogP contribution in [0, 0.1) is 11.8 Å². The smallest absolute Gasteiger partial charge is 0.323 e. The summed E-state index contributed by atoms with van der Waals surface area (Å²) in [7, 11) is 1.52. The fraction of sp³-hybridized carbons (Fsp3) is 0.182. The van der Waals surface area contributed by atoms with Gasteiger partial charge in [0.2, 0.25) is 5.54 Å². The molecule has 0 spiro atoms. The molecular weight excluding hydrogens is 412 g/mol. The number of H-pyrrole nitrogens is 1. The molecule has 0 bridgehead atoms. The van der Waals surface area contributed by atoms with Crippen LogP contribution in [0.1, 0.15) is 21.5 Å². The van der Waals surface area contributed by atoms with E-state index in [-0.39, 0.29) is 18.4 Å². The summed E-state index contributed by atoms with van der Waals surface area (Å²) in [5, 5.41) is 4.82. The minimum absolute atomic E-state index is 0.105. The van der Waals surface area contributed by atoms with E-state index < -0.39 is 17.5 Å². The number of imidazole rings is 1. The highest BCUT2D eigenvalue weighted by atomic mass is 16.5. The first kappa shape index (κ1) is 19.4. The van der Waals surface area contributed by atoms with Crippen molar-refractivity contribution in [1.82, 2.24) is 25.5 Å². The molecule has 0 saturated carbocycles. The zero-order valence-electron chi connectivity index (χ0n) is 17.0. The van der Waals surface area contributed by atoms with Crippen molar-refractivity contribution in [2.24, 2.45) is 0 Å². The summed E-state index contributed by atoms with van der Waals surface area (Å²) in [5.74, 6) is 5.80. The van der Waals surface area contributed by atoms with E-state index in [4.69, 9.17) is 10.5 Å². The number of nitrogens with two attached hydrogens (primary N) is 1. The van der Waals surface area contributed by atoms with Crippen LogP contribution in [-0.2, 0) is 11.3 Å². The number of hydrogen-bond donors (Lipinski definition) is 4. The van der Waals surface area contributed by atoms with E-state index in [9.17, 15) is 14.4 Å². The molecule has 0 unspecified atom stereocenters. The number of aromatic nitrogens is 2. The second kappa shape index (κ2) is 7.02. The summed E-state index contributed by atoms with van der Waals surface area (Å²) in [5.41, 5.74) is 7.38. The lowest BCUT2D eigenvalue weighted by molar-refractivity contribution is -0.122. The van der Waals surface area contributed by atoms with Gasteiger partial charge in [-0.05, 0) is 35.9 Å². The molecule has 1 saturated heterocycles. The van der Waals surface area contributed by atoms with Crippen LogP contribution in [0.3, 0.4) is 0 Å². The summed E-state index contributed by atoms with van der Waals surface area (Å²) in [4.78, 5) is 46.2. The van der Waals surface area contributed by atoms with Crippen molar-refractivity contribution in [3.8, 4) is 17.6 Å². The van der Waals surface area contributed by atoms with Gasteiger partial charge >= 0.3 is 6.03 Å². The standard InChI is InChI=1S/C22H18N6O4/c1-32-14-4-3-13-10-28(18(29)15(13)9-14)11-22(19(30)26-21(31)27-22)7-6-12-2-5-16-17(8-12)25-20(23)24-16/h2-5,8-9H,10-11H2,1H3,(H3,23,24,25)(H2,26,27,30,31)/t22-/m1/s1. The zero-order chi connectivity index (χ0) is 22.5. The number of benzene rings is 2. The topological polar surface area (TPSA) is 142 Å². The SMILES string of the molecule is COc1ccc2c(c1)C(=O)N(C[C@@]1(C#Cc3ccc4nc(N)[nH]c4c3)NC(=O)NC1=O)C2. The summed E-state index contributed by atoms with van der Waals surface area (Å²) >= 11 is 0. The molecule has 5 N–H and O–H groups in total. The second-order valence-corrected chi connectivity index (χ2v) is 7.60. The van der Waals surface area contributed by atoms with Crippen LogP contribution in [-0.4, -0.2) is 51.9 Å². The molecule has 3 heterocycles. The molecule has 4 amide bonds. The Morgan fingerprint density at radius 2 is 2.06 bits per heavy atom. The number of hydrogen-bond acceptors (Lipinski definition) is 6. The molecule has 1 atom stereocenters. The van der Waals surface area contributed by atoms with Gasteiger partial charge in [0.05, 0.1) is 24.7 Å². The number of aromatic amines is 1. The van der Waals surface area contributed by atoms with E-state index in [0.29, 0.717) is 34.5 Å². The van der Waals surface area contributed by atoms with Gasteiger partial charge in [0.25, 0.3) is 11.8 Å². The molecule has 1 fully saturated rings. The van der Waals surface area contributed by atoms with Crippen LogP contribution in [0.15, 0.2) is 36.4 Å². The molecule has 0 aliphatic carbocycles. The van der Waals surface area contributed by atoms with Crippen molar-refractivity contribution in [2.75, 3.05) is 19.4 Å². The molecular formula is C22H18N6O4. The number of anilines is 1. The maximum Gasteiger partial charge on any atom is 0.323 e. The number of imide groups is 1. The highest BCUT2D eigenvalue weighted by molar-refractivity contribution is 6.10. The number of nitrogens with one attached hydrogen (secondary N) is 3. The number of carbonyl (C=O) groups is 3. The third-order valence-electron chi connectivity index (χ3n) is 5.49. The predicted molar refractivity (Wildman–Crippen MR) is 115 cm³/mol. The molecule has 32 heavy (non-hydrogen) atoms. The fourth-order valence-corrected chi connectivity index (χ4v) is 3.90. The Morgan fingerprint density at radius 3 is 2.81 bits per heavy atom. The van der Waals surface area contributed by atoms with Gasteiger partial charge in [-0.1, -0.05) is 17.9 Å². The van der Waals surface area contributed by atoms with E-state index in [1.807, 2.05) is 6.07 Å². The molecule has 160 valence electrons. The Morgan fingerprint density at radius 1 is 1.22 bits per heavy atom. The van der Waals surface area contributed by atoms with Crippen molar-refractivity contribution in [3.63, 3.8) is 0 Å². The second-order valence-electron chi connectivity index (χ2n) is 7.60. The van der Waals surface area contributed by atoms with Crippen LogP contribution >= 0.6 is 0 Å². The minimum Gasteiger partial charge on any atom is -0.497 e. The van der Waals surface area contributed by atoms with Crippen molar-refractivity contribution >= 4 is 34.8 Å². The van der Waals surface area contributed by atoms with Crippen LogP contribution in [0.4, 0.5) is 10.7 Å². The van der Waals surface area contributed by atoms with Gasteiger partial charge in [0.1, 0.15) is 5.75 Å². The van der Waals surface area contributed by atoms with Gasteiger partial charge in [-0.2, -0.15) is 0 Å². The molecule has 3 aromatic rings. The van der Waals surface area contributed by atoms with Crippen LogP contribution in [0.5, 0.6) is 5.75 Å². The van der Waals surface area contributed by atoms with E-state index >= 15 is 0 Å². The molecule has 0 radical (unpaired) electrons. The summed E-state index contributed by atoms with van der Waals surface area (Å²) in [6.07, 6.45) is 0. The quantitative estimate of drug-likeness (QED) is 0.357. The maximum absolute atomic E-state index is 13.0. The predicted octanol–water partition coefficient (Wildman–Crippen LogP) is 0.739. The third-order valence-corrected chi connectivity index (χ3v) is 5.49. The van der Waals surface area contributed by atoms with Gasteiger partial charge in [-0.15, -0.1) is 0 Å². The Balaban J connectivity index is 1.47. The number of methoxy groups -OCH3 is 1. The molecule has 1 aromatic heterocycles. The van der Waals surface area contributed by atoms with Crippen molar-refractivity contribution in [1.29, 1.82) is 0 Å². The van der Waals surface area contributed by atoms with Gasteiger partial charge in [0, 0.05) is 17.7 Å². The number of nitrogens with zero attached hydrogens (tertiary/aromatic N) is 2. The Labute approximate surface area is 182 Å². The van der Waals surface area contributed by atoms with Gasteiger partial charge in [-0.25, -0.2) is 9.78 Å². The summed E-state index contributed by atoms with van der Waals surface area (Å²) in [6, 6.07) is 9.82. The number of rotatable bonds is 3. The number of amides is 4. The van der Waals surface area contributed by atoms with Crippen LogP contribution in [0.2, 0.25) is 0 Å². The fourth-order valence-electron chi connectivity index (χ4n) is 3.90. The molecule has 2 aromatic carbocycles. The average molecular weight is 430 g/mol. The van der Waals surface area contributed by atoms with Crippen molar-refractivity contribution in [3.05, 3.63) is 53.1 Å². The first-order chi connectivity index (χ1) is 15.4. The monoisotopic (exact) mass is 430 g/mol. The summed E-state index contributed by atoms with van der Waals surface area (Å²) in [6.45, 7) is 0.191. The van der Waals surface area contributed by atoms with Gasteiger partial charge < -0.3 is 25.7 Å². The Bertz CT molecular complexity index is 1370. The first-order valence-electron chi connectivity index (χ1n) is 9.75. The summed E-state index contributed by atoms with van der Waals surface area (Å²) < 4.78 is 5.20. The van der Waals surface area contributed by atoms with Gasteiger partial charge in [-0.3, -0.25) is 14.9 Å². The maximum atomic E-state index is 13.0. The molecule has 2 aliphatic heterocycles. The van der Waals surface area contributed by atoms with E-state index in [1.165, 1.54) is 12.0 Å². The lowest BCUT2D eigenvalue weighted by atomic mass is 9.99. The highest BCUT2D eigenvalue weighted by Crippen LogP contribution is 2.28. The minimum atomic E-state index is -1.58. The van der Waals surface area contributed by atoms with Crippen LogP contribution < -0.4 is 21.1 Å². The van der Waals surface area contributed by atoms with Crippen molar-refractivity contribution in [2.45, 2.75) is 12.1 Å². The van der Waals surface area contributed by atoms with E-state index in [2.05, 4.69) is 32.4 Å². The number of carbonyl (C=O) groups excluding carboxylic acids is 3. The average Bonchev–Trinajstić information content (AvgIpc) is 3.38.